The van der Waals surface area contributed by atoms with Crippen LogP contribution in [0, 0.1) is 0 Å². The van der Waals surface area contributed by atoms with Crippen molar-refractivity contribution in [3.05, 3.63) is 22.4 Å². The van der Waals surface area contributed by atoms with Gasteiger partial charge in [-0.3, -0.25) is 0 Å². The topological polar surface area (TPSA) is 15.3 Å². The summed E-state index contributed by atoms with van der Waals surface area (Å²) in [6, 6.07) is 5.83. The van der Waals surface area contributed by atoms with Gasteiger partial charge < -0.3 is 10.2 Å². The first-order chi connectivity index (χ1) is 8.66. The van der Waals surface area contributed by atoms with Gasteiger partial charge in [-0.25, -0.2) is 0 Å². The van der Waals surface area contributed by atoms with Crippen molar-refractivity contribution in [2.24, 2.45) is 0 Å². The van der Waals surface area contributed by atoms with Gasteiger partial charge in [-0.05, 0) is 51.2 Å². The van der Waals surface area contributed by atoms with E-state index in [9.17, 15) is 0 Å². The van der Waals surface area contributed by atoms with Crippen molar-refractivity contribution in [3.8, 4) is 0 Å². The SMILES string of the molecule is CC(CNC1CCN(C(C)C)CC1)c1cccs1. The Morgan fingerprint density at radius 2 is 2.06 bits per heavy atom. The van der Waals surface area contributed by atoms with Gasteiger partial charge >= 0.3 is 0 Å². The first-order valence-corrected chi connectivity index (χ1v) is 8.05. The number of likely N-dealkylation sites (tertiary alicyclic amines) is 1. The second-order valence-corrected chi connectivity index (χ2v) is 6.71. The summed E-state index contributed by atoms with van der Waals surface area (Å²) in [5.74, 6) is 0.646. The smallest absolute Gasteiger partial charge is 0.00916 e. The Bertz CT molecular complexity index is 326. The summed E-state index contributed by atoms with van der Waals surface area (Å²) in [7, 11) is 0. The van der Waals surface area contributed by atoms with Crippen LogP contribution in [0.4, 0.5) is 0 Å². The van der Waals surface area contributed by atoms with Gasteiger partial charge in [0.25, 0.3) is 0 Å². The van der Waals surface area contributed by atoms with E-state index in [1.807, 2.05) is 11.3 Å². The van der Waals surface area contributed by atoms with Gasteiger partial charge in [0.15, 0.2) is 0 Å². The molecule has 0 bridgehead atoms. The highest BCUT2D eigenvalue weighted by Crippen LogP contribution is 2.20. The number of rotatable bonds is 5. The number of hydrogen-bond acceptors (Lipinski definition) is 3. The summed E-state index contributed by atoms with van der Waals surface area (Å²) in [6.07, 6.45) is 2.60. The van der Waals surface area contributed by atoms with Crippen molar-refractivity contribution in [3.63, 3.8) is 0 Å². The summed E-state index contributed by atoms with van der Waals surface area (Å²) < 4.78 is 0. The normalized spacial score (nSPS) is 20.4. The minimum Gasteiger partial charge on any atom is -0.313 e. The van der Waals surface area contributed by atoms with E-state index >= 15 is 0 Å². The lowest BCUT2D eigenvalue weighted by atomic mass is 10.0. The predicted octanol–water partition coefficient (Wildman–Crippen LogP) is 3.31. The zero-order chi connectivity index (χ0) is 13.0. The molecule has 1 aromatic heterocycles. The van der Waals surface area contributed by atoms with E-state index in [1.54, 1.807) is 0 Å². The van der Waals surface area contributed by atoms with Crippen LogP contribution in [0.5, 0.6) is 0 Å². The van der Waals surface area contributed by atoms with Gasteiger partial charge in [0.2, 0.25) is 0 Å². The highest BCUT2D eigenvalue weighted by Gasteiger charge is 2.20. The zero-order valence-corrected chi connectivity index (χ0v) is 12.7. The standard InChI is InChI=1S/C15H26N2S/c1-12(2)17-8-6-14(7-9-17)16-11-13(3)15-5-4-10-18-15/h4-5,10,12-14,16H,6-9,11H2,1-3H3. The van der Waals surface area contributed by atoms with E-state index in [2.05, 4.69) is 48.5 Å². The molecule has 1 aliphatic rings. The fourth-order valence-corrected chi connectivity index (χ4v) is 3.42. The van der Waals surface area contributed by atoms with E-state index in [4.69, 9.17) is 0 Å². The van der Waals surface area contributed by atoms with Gasteiger partial charge in [0.1, 0.15) is 0 Å². The van der Waals surface area contributed by atoms with Crippen molar-refractivity contribution in [1.29, 1.82) is 0 Å². The van der Waals surface area contributed by atoms with Crippen LogP contribution in [0.15, 0.2) is 17.5 Å². The molecule has 1 unspecified atom stereocenters. The Morgan fingerprint density at radius 3 is 2.61 bits per heavy atom. The van der Waals surface area contributed by atoms with E-state index in [0.29, 0.717) is 12.0 Å². The quantitative estimate of drug-likeness (QED) is 0.879. The molecule has 0 aromatic carbocycles. The molecule has 0 amide bonds. The van der Waals surface area contributed by atoms with Gasteiger partial charge in [-0.2, -0.15) is 0 Å². The maximum atomic E-state index is 3.75. The highest BCUT2D eigenvalue weighted by atomic mass is 32.1. The fourth-order valence-electron chi connectivity index (χ4n) is 2.64. The first-order valence-electron chi connectivity index (χ1n) is 7.17. The van der Waals surface area contributed by atoms with Crippen LogP contribution in [-0.4, -0.2) is 36.6 Å². The van der Waals surface area contributed by atoms with E-state index in [1.165, 1.54) is 30.8 Å². The minimum absolute atomic E-state index is 0.646. The third-order valence-electron chi connectivity index (χ3n) is 4.00. The van der Waals surface area contributed by atoms with Crippen LogP contribution in [0.2, 0.25) is 0 Å². The average molecular weight is 266 g/mol. The first kappa shape index (κ1) is 14.0. The number of thiophene rings is 1. The third-order valence-corrected chi connectivity index (χ3v) is 5.11. The fraction of sp³-hybridized carbons (Fsp3) is 0.733. The maximum absolute atomic E-state index is 3.75. The van der Waals surface area contributed by atoms with Crippen LogP contribution in [0.1, 0.15) is 44.4 Å². The Labute approximate surface area is 115 Å². The molecule has 3 heteroatoms. The van der Waals surface area contributed by atoms with Crippen molar-refractivity contribution >= 4 is 11.3 Å². The molecule has 0 saturated carbocycles. The van der Waals surface area contributed by atoms with Crippen LogP contribution in [0.3, 0.4) is 0 Å². The molecular weight excluding hydrogens is 240 g/mol. The summed E-state index contributed by atoms with van der Waals surface area (Å²) in [5.41, 5.74) is 0. The molecule has 1 atom stereocenters. The van der Waals surface area contributed by atoms with E-state index < -0.39 is 0 Å². The number of nitrogens with zero attached hydrogens (tertiary/aromatic N) is 1. The molecule has 1 saturated heterocycles. The molecule has 2 rings (SSSR count). The Hall–Kier alpha value is -0.380. The maximum Gasteiger partial charge on any atom is 0.00916 e. The molecule has 18 heavy (non-hydrogen) atoms. The van der Waals surface area contributed by atoms with Gasteiger partial charge in [0, 0.05) is 29.4 Å². The largest absolute Gasteiger partial charge is 0.313 e. The third kappa shape index (κ3) is 3.81. The molecule has 2 nitrogen and oxygen atoms in total. The summed E-state index contributed by atoms with van der Waals surface area (Å²) >= 11 is 1.87. The Kier molecular flexibility index (Phi) is 5.22. The molecule has 1 fully saturated rings. The van der Waals surface area contributed by atoms with Crippen LogP contribution < -0.4 is 5.32 Å². The van der Waals surface area contributed by atoms with Crippen molar-refractivity contribution in [2.45, 2.75) is 51.6 Å². The monoisotopic (exact) mass is 266 g/mol. The second-order valence-electron chi connectivity index (χ2n) is 5.73. The van der Waals surface area contributed by atoms with Crippen molar-refractivity contribution in [2.75, 3.05) is 19.6 Å². The molecule has 1 aromatic rings. The average Bonchev–Trinajstić information content (AvgIpc) is 2.90. The molecule has 1 aliphatic heterocycles. The Balaban J connectivity index is 1.69. The van der Waals surface area contributed by atoms with E-state index in [0.717, 1.165) is 12.6 Å². The van der Waals surface area contributed by atoms with Gasteiger partial charge in [-0.15, -0.1) is 11.3 Å². The number of hydrogen-bond donors (Lipinski definition) is 1. The minimum atomic E-state index is 0.646. The molecule has 0 radical (unpaired) electrons. The van der Waals surface area contributed by atoms with E-state index in [-0.39, 0.29) is 0 Å². The summed E-state index contributed by atoms with van der Waals surface area (Å²) in [4.78, 5) is 4.09. The zero-order valence-electron chi connectivity index (χ0n) is 11.9. The molecule has 1 N–H and O–H groups in total. The second kappa shape index (κ2) is 6.69. The molecular formula is C15H26N2S. The van der Waals surface area contributed by atoms with Gasteiger partial charge in [0.05, 0.1) is 0 Å². The highest BCUT2D eigenvalue weighted by molar-refractivity contribution is 7.10. The van der Waals surface area contributed by atoms with Crippen molar-refractivity contribution in [1.82, 2.24) is 10.2 Å². The molecule has 2 heterocycles. The lowest BCUT2D eigenvalue weighted by Crippen LogP contribution is -2.45. The molecule has 102 valence electrons. The van der Waals surface area contributed by atoms with Crippen molar-refractivity contribution < 1.29 is 0 Å². The predicted molar refractivity (Wildman–Crippen MR) is 80.5 cm³/mol. The lowest BCUT2D eigenvalue weighted by molar-refractivity contribution is 0.161. The summed E-state index contributed by atoms with van der Waals surface area (Å²) in [5, 5.41) is 5.92. The molecule has 0 aliphatic carbocycles. The number of nitrogens with one attached hydrogen (secondary N) is 1. The summed E-state index contributed by atoms with van der Waals surface area (Å²) in [6.45, 7) is 10.5. The lowest BCUT2D eigenvalue weighted by Gasteiger charge is -2.35. The van der Waals surface area contributed by atoms with Crippen LogP contribution >= 0.6 is 11.3 Å². The van der Waals surface area contributed by atoms with Crippen LogP contribution in [0.25, 0.3) is 0 Å². The molecule has 0 spiro atoms. The van der Waals surface area contributed by atoms with Crippen LogP contribution in [-0.2, 0) is 0 Å². The Morgan fingerprint density at radius 1 is 1.33 bits per heavy atom. The number of piperidine rings is 1. The van der Waals surface area contributed by atoms with Gasteiger partial charge in [-0.1, -0.05) is 13.0 Å².